The van der Waals surface area contributed by atoms with E-state index in [1.165, 1.54) is 11.8 Å². The fourth-order valence-electron chi connectivity index (χ4n) is 7.22. The Morgan fingerprint density at radius 3 is 1.81 bits per heavy atom. The molecular formula is C43H67N7O9. The summed E-state index contributed by atoms with van der Waals surface area (Å²) < 4.78 is 5.87. The maximum absolute atomic E-state index is 14.6. The molecule has 2 heterocycles. The van der Waals surface area contributed by atoms with Crippen LogP contribution in [-0.4, -0.2) is 107 Å². The first-order valence-corrected chi connectivity index (χ1v) is 21.0. The summed E-state index contributed by atoms with van der Waals surface area (Å²) in [6.45, 7) is 19.1. The van der Waals surface area contributed by atoms with E-state index >= 15 is 0 Å². The van der Waals surface area contributed by atoms with Gasteiger partial charge in [-0.05, 0) is 54.9 Å². The van der Waals surface area contributed by atoms with Crippen LogP contribution in [0.5, 0.6) is 0 Å². The van der Waals surface area contributed by atoms with E-state index in [2.05, 4.69) is 31.9 Å². The molecule has 1 aromatic rings. The van der Waals surface area contributed by atoms with Crippen molar-refractivity contribution in [3.05, 3.63) is 35.9 Å². The lowest BCUT2D eigenvalue weighted by Gasteiger charge is -2.32. The van der Waals surface area contributed by atoms with Gasteiger partial charge in [-0.2, -0.15) is 0 Å². The Bertz CT molecular complexity index is 1670. The van der Waals surface area contributed by atoms with E-state index in [0.717, 1.165) is 0 Å². The summed E-state index contributed by atoms with van der Waals surface area (Å²) in [4.78, 5) is 113. The van der Waals surface area contributed by atoms with Crippen molar-refractivity contribution in [2.75, 3.05) is 6.54 Å². The van der Waals surface area contributed by atoms with E-state index < -0.39 is 113 Å². The van der Waals surface area contributed by atoms with Crippen LogP contribution >= 0.6 is 0 Å². The van der Waals surface area contributed by atoms with Crippen molar-refractivity contribution in [3.8, 4) is 0 Å². The van der Waals surface area contributed by atoms with Crippen molar-refractivity contribution < 1.29 is 43.1 Å². The highest BCUT2D eigenvalue weighted by Gasteiger charge is 2.43. The van der Waals surface area contributed by atoms with Crippen LogP contribution in [0.15, 0.2) is 30.3 Å². The molecule has 1 unspecified atom stereocenters. The van der Waals surface area contributed by atoms with Crippen molar-refractivity contribution in [2.45, 2.75) is 150 Å². The second-order valence-electron chi connectivity index (χ2n) is 17.6. The molecule has 0 bridgehead atoms. The molecule has 0 aromatic heterocycles. The molecule has 0 aliphatic carbocycles. The van der Waals surface area contributed by atoms with Gasteiger partial charge in [-0.3, -0.25) is 33.6 Å². The van der Waals surface area contributed by atoms with Gasteiger partial charge < -0.3 is 41.5 Å². The largest absolute Gasteiger partial charge is 0.458 e. The molecule has 0 radical (unpaired) electrons. The lowest BCUT2D eigenvalue weighted by molar-refractivity contribution is -0.157. The first-order valence-electron chi connectivity index (χ1n) is 21.0. The van der Waals surface area contributed by atoms with Gasteiger partial charge in [-0.1, -0.05) is 99.6 Å². The number of hydrogen-bond acceptors (Lipinski definition) is 9. The summed E-state index contributed by atoms with van der Waals surface area (Å²) in [7, 11) is 0. The second-order valence-corrected chi connectivity index (χ2v) is 17.6. The quantitative estimate of drug-likeness (QED) is 0.179. The molecule has 2 aliphatic heterocycles. The van der Waals surface area contributed by atoms with Crippen molar-refractivity contribution in [1.82, 2.24) is 36.8 Å². The number of carbonyl (C=O) groups is 8. The third-order valence-corrected chi connectivity index (χ3v) is 10.7. The first kappa shape index (κ1) is 48.3. The van der Waals surface area contributed by atoms with Crippen LogP contribution in [0, 0.1) is 29.6 Å². The molecule has 8 atom stereocenters. The van der Waals surface area contributed by atoms with Crippen LogP contribution < -0.4 is 31.9 Å². The predicted molar refractivity (Wildman–Crippen MR) is 221 cm³/mol. The molecule has 2 aliphatic rings. The minimum atomic E-state index is -1.58. The Morgan fingerprint density at radius 1 is 0.746 bits per heavy atom. The lowest BCUT2D eigenvalue weighted by atomic mass is 9.98. The van der Waals surface area contributed by atoms with Crippen molar-refractivity contribution in [2.24, 2.45) is 29.6 Å². The van der Waals surface area contributed by atoms with Crippen LogP contribution in [-0.2, 0) is 49.5 Å². The summed E-state index contributed by atoms with van der Waals surface area (Å²) in [5.74, 6) is -7.02. The summed E-state index contributed by atoms with van der Waals surface area (Å²) in [6.07, 6.45) is -0.411. The smallest absolute Gasteiger partial charge is 0.329 e. The predicted octanol–water partition coefficient (Wildman–Crippen LogP) is 1.74. The standard InChI is InChI=1S/C43H67N7O9/c1-22(2)20-31(51)45-32(23(3)4)38(53)49-36-27(11)59-43(58)35(26(9)10)48-40(55)34(25(7)8)47-39(54)33(24(5)6)46-37(52)30-18-15-19-50(30)42(57)29(44-41(36)56)21-28-16-13-12-14-17-28/h12-14,16-17,22-27,29-30,32-36H,15,18-21H2,1-11H3,(H,44,56)(H,45,51)(H,46,52)(H,47,54)(H,48,55)(H,49,53)/t27-,29+,30+,32+,33+,34+,35?,36+/m1/s1. The molecule has 0 spiro atoms. The van der Waals surface area contributed by atoms with Gasteiger partial charge in [0.05, 0.1) is 0 Å². The molecular weight excluding hydrogens is 759 g/mol. The number of hydrogen-bond donors (Lipinski definition) is 6. The molecule has 2 saturated heterocycles. The highest BCUT2D eigenvalue weighted by Crippen LogP contribution is 2.22. The molecule has 16 heteroatoms. The maximum Gasteiger partial charge on any atom is 0.329 e. The van der Waals surface area contributed by atoms with Gasteiger partial charge in [0.1, 0.15) is 48.4 Å². The van der Waals surface area contributed by atoms with Crippen LogP contribution in [0.4, 0.5) is 0 Å². The van der Waals surface area contributed by atoms with E-state index in [-0.39, 0.29) is 31.2 Å². The Morgan fingerprint density at radius 2 is 1.29 bits per heavy atom. The Labute approximate surface area is 348 Å². The molecule has 2 fully saturated rings. The number of nitrogens with one attached hydrogen (secondary N) is 6. The number of nitrogens with zero attached hydrogens (tertiary/aromatic N) is 1. The zero-order valence-electron chi connectivity index (χ0n) is 36.5. The van der Waals surface area contributed by atoms with Gasteiger partial charge in [0, 0.05) is 19.4 Å². The van der Waals surface area contributed by atoms with E-state index in [4.69, 9.17) is 4.74 Å². The summed E-state index contributed by atoms with van der Waals surface area (Å²) in [6, 6.07) is 0.646. The number of ether oxygens (including phenoxy) is 1. The Balaban J connectivity index is 2.17. The summed E-state index contributed by atoms with van der Waals surface area (Å²) in [5, 5.41) is 16.5. The van der Waals surface area contributed by atoms with Gasteiger partial charge >= 0.3 is 5.97 Å². The number of cyclic esters (lactones) is 1. The van der Waals surface area contributed by atoms with Crippen molar-refractivity contribution in [3.63, 3.8) is 0 Å². The lowest BCUT2D eigenvalue weighted by Crippen LogP contribution is -2.62. The first-order chi connectivity index (χ1) is 27.6. The van der Waals surface area contributed by atoms with E-state index in [0.29, 0.717) is 18.4 Å². The molecule has 6 N–H and O–H groups in total. The van der Waals surface area contributed by atoms with Crippen LogP contribution in [0.1, 0.15) is 101 Å². The molecule has 7 amide bonds. The van der Waals surface area contributed by atoms with Crippen molar-refractivity contribution in [1.29, 1.82) is 0 Å². The van der Waals surface area contributed by atoms with E-state index in [1.807, 2.05) is 13.8 Å². The average molecular weight is 826 g/mol. The average Bonchev–Trinajstić information content (AvgIpc) is 3.64. The number of rotatable bonds is 11. The Kier molecular flexibility index (Phi) is 17.9. The fraction of sp³-hybridized carbons (Fsp3) is 0.674. The number of amides is 7. The topological polar surface area (TPSA) is 221 Å². The molecule has 59 heavy (non-hydrogen) atoms. The van der Waals surface area contributed by atoms with Gasteiger partial charge in [0.15, 0.2) is 0 Å². The van der Waals surface area contributed by atoms with Gasteiger partial charge in [0.2, 0.25) is 41.4 Å². The zero-order chi connectivity index (χ0) is 44.3. The minimum absolute atomic E-state index is 0.0139. The monoisotopic (exact) mass is 826 g/mol. The minimum Gasteiger partial charge on any atom is -0.458 e. The van der Waals surface area contributed by atoms with Crippen molar-refractivity contribution >= 4 is 47.3 Å². The Hall–Kier alpha value is -5.02. The third-order valence-electron chi connectivity index (χ3n) is 10.7. The normalized spacial score (nSPS) is 26.0. The fourth-order valence-corrected chi connectivity index (χ4v) is 7.22. The highest BCUT2D eigenvalue weighted by atomic mass is 16.5. The van der Waals surface area contributed by atoms with Crippen LogP contribution in [0.25, 0.3) is 0 Å². The van der Waals surface area contributed by atoms with Gasteiger partial charge in [-0.15, -0.1) is 0 Å². The van der Waals surface area contributed by atoms with E-state index in [9.17, 15) is 38.4 Å². The van der Waals surface area contributed by atoms with Gasteiger partial charge in [0.25, 0.3) is 0 Å². The number of carbonyl (C=O) groups excluding carboxylic acids is 8. The van der Waals surface area contributed by atoms with Gasteiger partial charge in [-0.25, -0.2) is 4.79 Å². The summed E-state index contributed by atoms with van der Waals surface area (Å²) in [5.41, 5.74) is 0.698. The zero-order valence-corrected chi connectivity index (χ0v) is 36.5. The molecule has 1 aromatic carbocycles. The molecule has 16 nitrogen and oxygen atoms in total. The molecule has 0 saturated carbocycles. The van der Waals surface area contributed by atoms with E-state index in [1.54, 1.807) is 85.7 Å². The highest BCUT2D eigenvalue weighted by molar-refractivity contribution is 5.98. The molecule has 328 valence electrons. The maximum atomic E-state index is 14.6. The molecule has 3 rings (SSSR count). The van der Waals surface area contributed by atoms with Crippen LogP contribution in [0.2, 0.25) is 0 Å². The number of benzene rings is 1. The third kappa shape index (κ3) is 13.5. The number of fused-ring (bicyclic) bond motifs is 1. The summed E-state index contributed by atoms with van der Waals surface area (Å²) >= 11 is 0. The second kappa shape index (κ2) is 21.8. The number of esters is 1. The SMILES string of the molecule is CC(C)CC(=O)N[C@H](C(=O)N[C@@H]1C(=O)N[C@@H](Cc2ccccc2)C(=O)N2CCC[C@H]2C(=O)N[C@@H](C(C)C)C(=O)N[C@@H](C(C)C)C(=O)NC(C(C)C)C(=O)O[C@@H]1C)C(C)C. The van der Waals surface area contributed by atoms with Crippen LogP contribution in [0.3, 0.4) is 0 Å².